The average molecular weight is 285 g/mol. The van der Waals surface area contributed by atoms with E-state index in [2.05, 4.69) is 5.32 Å². The fourth-order valence-electron chi connectivity index (χ4n) is 1.86. The molecule has 1 amide bonds. The summed E-state index contributed by atoms with van der Waals surface area (Å²) < 4.78 is 5.41. The predicted molar refractivity (Wildman–Crippen MR) is 82.4 cm³/mol. The lowest BCUT2D eigenvalue weighted by Gasteiger charge is -2.10. The van der Waals surface area contributed by atoms with Crippen molar-refractivity contribution in [3.8, 4) is 5.75 Å². The zero-order valence-electron chi connectivity index (χ0n) is 12.2. The van der Waals surface area contributed by atoms with Gasteiger partial charge in [-0.25, -0.2) is 0 Å². The minimum atomic E-state index is -0.564. The number of amides is 1. The number of ether oxygens (including phenoxy) is 1. The van der Waals surface area contributed by atoms with Gasteiger partial charge in [0.25, 0.3) is 5.91 Å². The van der Waals surface area contributed by atoms with Crippen molar-refractivity contribution in [1.82, 2.24) is 0 Å². The molecule has 0 aliphatic rings. The Morgan fingerprint density at radius 3 is 2.62 bits per heavy atom. The quantitative estimate of drug-likeness (QED) is 0.887. The van der Waals surface area contributed by atoms with E-state index >= 15 is 0 Å². The zero-order valence-corrected chi connectivity index (χ0v) is 12.2. The van der Waals surface area contributed by atoms with Gasteiger partial charge in [0.2, 0.25) is 0 Å². The molecule has 0 aliphatic heterocycles. The zero-order chi connectivity index (χ0) is 15.2. The van der Waals surface area contributed by atoms with Crippen LogP contribution in [0.3, 0.4) is 0 Å². The Hall–Kier alpha value is -2.33. The molecule has 2 aromatic rings. The van der Waals surface area contributed by atoms with Crippen molar-refractivity contribution in [2.45, 2.75) is 20.0 Å². The summed E-state index contributed by atoms with van der Waals surface area (Å²) in [4.78, 5) is 11.8. The second-order valence-electron chi connectivity index (χ2n) is 4.95. The van der Waals surface area contributed by atoms with Gasteiger partial charge < -0.3 is 15.2 Å². The van der Waals surface area contributed by atoms with Gasteiger partial charge in [-0.2, -0.15) is 0 Å². The van der Waals surface area contributed by atoms with Crippen LogP contribution in [0.4, 0.5) is 5.69 Å². The van der Waals surface area contributed by atoms with Gasteiger partial charge in [0.1, 0.15) is 5.75 Å². The minimum absolute atomic E-state index is 0.0536. The molecule has 0 saturated heterocycles. The third kappa shape index (κ3) is 4.61. The van der Waals surface area contributed by atoms with Gasteiger partial charge >= 0.3 is 0 Å². The van der Waals surface area contributed by atoms with E-state index in [-0.39, 0.29) is 12.5 Å². The van der Waals surface area contributed by atoms with E-state index in [1.807, 2.05) is 37.3 Å². The molecule has 0 aromatic heterocycles. The number of carbonyl (C=O) groups is 1. The van der Waals surface area contributed by atoms with E-state index in [4.69, 9.17) is 4.74 Å². The molecule has 0 saturated carbocycles. The van der Waals surface area contributed by atoms with Crippen LogP contribution >= 0.6 is 0 Å². The number of benzene rings is 2. The first-order chi connectivity index (χ1) is 10.0. The van der Waals surface area contributed by atoms with E-state index in [1.165, 1.54) is 0 Å². The van der Waals surface area contributed by atoms with Crippen LogP contribution in [0.25, 0.3) is 0 Å². The molecule has 4 heteroatoms. The van der Waals surface area contributed by atoms with E-state index in [0.29, 0.717) is 11.4 Å². The fraction of sp³-hybridized carbons (Fsp3) is 0.235. The lowest BCUT2D eigenvalue weighted by molar-refractivity contribution is -0.118. The Morgan fingerprint density at radius 2 is 1.95 bits per heavy atom. The Balaban J connectivity index is 1.89. The predicted octanol–water partition coefficient (Wildman–Crippen LogP) is 3.07. The van der Waals surface area contributed by atoms with Crippen LogP contribution in [0, 0.1) is 6.92 Å². The molecule has 2 aromatic carbocycles. The molecule has 0 fully saturated rings. The number of nitrogens with one attached hydrogen (secondary N) is 1. The summed E-state index contributed by atoms with van der Waals surface area (Å²) in [5, 5.41) is 12.3. The van der Waals surface area contributed by atoms with Gasteiger partial charge in [-0.15, -0.1) is 0 Å². The summed E-state index contributed by atoms with van der Waals surface area (Å²) in [6.07, 6.45) is -0.564. The van der Waals surface area contributed by atoms with Crippen LogP contribution in [-0.4, -0.2) is 17.6 Å². The molecule has 110 valence electrons. The highest BCUT2D eigenvalue weighted by atomic mass is 16.5. The standard InChI is InChI=1S/C17H19NO3/c1-12-6-8-16(9-7-12)21-11-17(20)18-15-5-3-4-14(10-15)13(2)19/h3-10,13,19H,11H2,1-2H3,(H,18,20). The van der Waals surface area contributed by atoms with Crippen LogP contribution in [0.2, 0.25) is 0 Å². The number of aliphatic hydroxyl groups excluding tert-OH is 1. The van der Waals surface area contributed by atoms with Gasteiger partial charge in [-0.1, -0.05) is 29.8 Å². The van der Waals surface area contributed by atoms with Gasteiger partial charge in [0.15, 0.2) is 6.61 Å². The topological polar surface area (TPSA) is 58.6 Å². The highest BCUT2D eigenvalue weighted by molar-refractivity contribution is 5.91. The Labute approximate surface area is 124 Å². The van der Waals surface area contributed by atoms with Crippen LogP contribution < -0.4 is 10.1 Å². The summed E-state index contributed by atoms with van der Waals surface area (Å²) in [5.41, 5.74) is 2.54. The largest absolute Gasteiger partial charge is 0.484 e. The van der Waals surface area contributed by atoms with Crippen LogP contribution in [0.1, 0.15) is 24.2 Å². The van der Waals surface area contributed by atoms with Crippen LogP contribution in [-0.2, 0) is 4.79 Å². The molecule has 4 nitrogen and oxygen atoms in total. The maximum Gasteiger partial charge on any atom is 0.262 e. The molecule has 0 heterocycles. The Morgan fingerprint density at radius 1 is 1.24 bits per heavy atom. The second-order valence-corrected chi connectivity index (χ2v) is 4.95. The number of aryl methyl sites for hydroxylation is 1. The molecule has 0 radical (unpaired) electrons. The first-order valence-electron chi connectivity index (χ1n) is 6.82. The van der Waals surface area contributed by atoms with Gasteiger partial charge in [-0.3, -0.25) is 4.79 Å². The van der Waals surface area contributed by atoms with E-state index in [1.54, 1.807) is 25.1 Å². The van der Waals surface area contributed by atoms with Crippen molar-refractivity contribution >= 4 is 11.6 Å². The molecule has 0 spiro atoms. The first-order valence-corrected chi connectivity index (χ1v) is 6.82. The van der Waals surface area contributed by atoms with Gasteiger partial charge in [-0.05, 0) is 43.7 Å². The third-order valence-corrected chi connectivity index (χ3v) is 3.04. The van der Waals surface area contributed by atoms with Gasteiger partial charge in [0.05, 0.1) is 6.10 Å². The fourth-order valence-corrected chi connectivity index (χ4v) is 1.86. The summed E-state index contributed by atoms with van der Waals surface area (Å²) in [5.74, 6) is 0.423. The molecule has 1 atom stereocenters. The number of rotatable bonds is 5. The van der Waals surface area contributed by atoms with E-state index in [9.17, 15) is 9.90 Å². The van der Waals surface area contributed by atoms with Crippen molar-refractivity contribution in [1.29, 1.82) is 0 Å². The highest BCUT2D eigenvalue weighted by Crippen LogP contribution is 2.17. The molecule has 2 N–H and O–H groups in total. The molecule has 1 unspecified atom stereocenters. The molecular formula is C17H19NO3. The maximum absolute atomic E-state index is 11.8. The van der Waals surface area contributed by atoms with E-state index in [0.717, 1.165) is 11.1 Å². The second kappa shape index (κ2) is 6.90. The average Bonchev–Trinajstić information content (AvgIpc) is 2.47. The molecule has 2 rings (SSSR count). The van der Waals surface area contributed by atoms with E-state index < -0.39 is 6.10 Å². The van der Waals surface area contributed by atoms with Crippen molar-refractivity contribution in [2.75, 3.05) is 11.9 Å². The monoisotopic (exact) mass is 285 g/mol. The molecular weight excluding hydrogens is 266 g/mol. The molecule has 0 bridgehead atoms. The summed E-state index contributed by atoms with van der Waals surface area (Å²) in [6, 6.07) is 14.6. The van der Waals surface area contributed by atoms with Gasteiger partial charge in [0, 0.05) is 5.69 Å². The molecule has 0 aliphatic carbocycles. The molecule has 21 heavy (non-hydrogen) atoms. The van der Waals surface area contributed by atoms with Crippen molar-refractivity contribution < 1.29 is 14.6 Å². The smallest absolute Gasteiger partial charge is 0.262 e. The maximum atomic E-state index is 11.8. The van der Waals surface area contributed by atoms with Crippen molar-refractivity contribution in [3.63, 3.8) is 0 Å². The van der Waals surface area contributed by atoms with Crippen LogP contribution in [0.5, 0.6) is 5.75 Å². The Bertz CT molecular complexity index is 606. The lowest BCUT2D eigenvalue weighted by Crippen LogP contribution is -2.20. The third-order valence-electron chi connectivity index (χ3n) is 3.04. The minimum Gasteiger partial charge on any atom is -0.484 e. The first kappa shape index (κ1) is 15.1. The lowest BCUT2D eigenvalue weighted by atomic mass is 10.1. The Kier molecular flexibility index (Phi) is 4.95. The highest BCUT2D eigenvalue weighted by Gasteiger charge is 2.06. The van der Waals surface area contributed by atoms with Crippen molar-refractivity contribution in [2.24, 2.45) is 0 Å². The number of carbonyl (C=O) groups excluding carboxylic acids is 1. The number of hydrogen-bond donors (Lipinski definition) is 2. The van der Waals surface area contributed by atoms with Crippen LogP contribution in [0.15, 0.2) is 48.5 Å². The SMILES string of the molecule is Cc1ccc(OCC(=O)Nc2cccc(C(C)O)c2)cc1. The number of hydrogen-bond acceptors (Lipinski definition) is 3. The summed E-state index contributed by atoms with van der Waals surface area (Å²) in [7, 11) is 0. The number of anilines is 1. The summed E-state index contributed by atoms with van der Waals surface area (Å²) in [6.45, 7) is 3.62. The number of aliphatic hydroxyl groups is 1. The normalized spacial score (nSPS) is 11.8. The summed E-state index contributed by atoms with van der Waals surface area (Å²) >= 11 is 0. The van der Waals surface area contributed by atoms with Crippen molar-refractivity contribution in [3.05, 3.63) is 59.7 Å².